The molecule has 1 amide bonds. The molecular formula is C22H19NO5S. The number of phenolic OH excluding ortho intramolecular Hbond substituents is 1. The van der Waals surface area contributed by atoms with Gasteiger partial charge in [-0.25, -0.2) is 9.79 Å². The summed E-state index contributed by atoms with van der Waals surface area (Å²) in [5.41, 5.74) is 1.44. The second-order valence-corrected chi connectivity index (χ2v) is 7.18. The normalized spacial score (nSPS) is 16.5. The predicted molar refractivity (Wildman–Crippen MR) is 113 cm³/mol. The molecule has 2 aromatic rings. The van der Waals surface area contributed by atoms with Crippen molar-refractivity contribution in [1.29, 1.82) is 0 Å². The van der Waals surface area contributed by atoms with Gasteiger partial charge in [0.25, 0.3) is 5.91 Å². The maximum absolute atomic E-state index is 12.7. The number of nitrogens with zero attached hydrogens (tertiary/aromatic N) is 1. The van der Waals surface area contributed by atoms with E-state index in [4.69, 9.17) is 4.74 Å². The van der Waals surface area contributed by atoms with E-state index in [-0.39, 0.29) is 33.6 Å². The number of carbonyl (C=O) groups is 2. The van der Waals surface area contributed by atoms with Crippen LogP contribution in [0.4, 0.5) is 0 Å². The van der Waals surface area contributed by atoms with Crippen molar-refractivity contribution in [3.05, 3.63) is 81.5 Å². The van der Waals surface area contributed by atoms with E-state index >= 15 is 0 Å². The lowest BCUT2D eigenvalue weighted by molar-refractivity contribution is -0.138. The summed E-state index contributed by atoms with van der Waals surface area (Å²) in [5, 5.41) is 20.7. The first-order chi connectivity index (χ1) is 13.9. The summed E-state index contributed by atoms with van der Waals surface area (Å²) in [7, 11) is 0. The molecule has 0 bridgehead atoms. The molecule has 0 radical (unpaired) electrons. The Morgan fingerprint density at radius 1 is 1.10 bits per heavy atom. The number of thioether (sulfide) groups is 1. The Morgan fingerprint density at radius 3 is 2.48 bits per heavy atom. The zero-order valence-electron chi connectivity index (χ0n) is 15.9. The van der Waals surface area contributed by atoms with E-state index < -0.39 is 11.9 Å². The predicted octanol–water partition coefficient (Wildman–Crippen LogP) is 4.40. The summed E-state index contributed by atoms with van der Waals surface area (Å²) in [6, 6.07) is 13.6. The van der Waals surface area contributed by atoms with Crippen LogP contribution in [0.1, 0.15) is 28.4 Å². The lowest BCUT2D eigenvalue weighted by Crippen LogP contribution is -2.14. The van der Waals surface area contributed by atoms with Gasteiger partial charge in [-0.15, -0.1) is 0 Å². The van der Waals surface area contributed by atoms with Gasteiger partial charge in [0, 0.05) is 11.1 Å². The monoisotopic (exact) mass is 409 g/mol. The second kappa shape index (κ2) is 8.79. The highest BCUT2D eigenvalue weighted by atomic mass is 32.2. The maximum Gasteiger partial charge on any atom is 0.344 e. The standard InChI is InChI=1S/C22H19NO5S/c1-3-28-22(27)18-19(25)17(12-14-9-5-7-11-16(14)24)29-21(18)23-20(26)15-10-6-4-8-13(15)2/h4-12,24-25H,3H2,1-2H3/b17-12-,23-21?. The van der Waals surface area contributed by atoms with Gasteiger partial charge in [0.05, 0.1) is 11.5 Å². The summed E-state index contributed by atoms with van der Waals surface area (Å²) in [6.45, 7) is 3.54. The number of rotatable bonds is 4. The molecule has 1 aliphatic rings. The number of aliphatic imine (C=N–C) groups is 1. The quantitative estimate of drug-likeness (QED) is 0.727. The van der Waals surface area contributed by atoms with Crippen LogP contribution in [0.25, 0.3) is 6.08 Å². The fraction of sp³-hybridized carbons (Fsp3) is 0.136. The number of benzene rings is 2. The van der Waals surface area contributed by atoms with Crippen LogP contribution in [0.5, 0.6) is 5.75 Å². The van der Waals surface area contributed by atoms with Gasteiger partial charge >= 0.3 is 5.97 Å². The van der Waals surface area contributed by atoms with Gasteiger partial charge in [-0.3, -0.25) is 4.79 Å². The number of phenols is 1. The van der Waals surface area contributed by atoms with Crippen LogP contribution >= 0.6 is 11.8 Å². The van der Waals surface area contributed by atoms with Crippen molar-refractivity contribution in [3.8, 4) is 5.75 Å². The van der Waals surface area contributed by atoms with Crippen molar-refractivity contribution in [2.24, 2.45) is 4.99 Å². The third kappa shape index (κ3) is 4.41. The van der Waals surface area contributed by atoms with E-state index in [9.17, 15) is 19.8 Å². The molecular weight excluding hydrogens is 390 g/mol. The summed E-state index contributed by atoms with van der Waals surface area (Å²) in [5.74, 6) is -1.61. The topological polar surface area (TPSA) is 96.2 Å². The highest BCUT2D eigenvalue weighted by molar-refractivity contribution is 8.18. The van der Waals surface area contributed by atoms with Crippen molar-refractivity contribution in [1.82, 2.24) is 0 Å². The van der Waals surface area contributed by atoms with Gasteiger partial charge in [-0.1, -0.05) is 48.2 Å². The number of hydrogen-bond acceptors (Lipinski definition) is 6. The first-order valence-electron chi connectivity index (χ1n) is 8.89. The maximum atomic E-state index is 12.7. The average Bonchev–Trinajstić information content (AvgIpc) is 2.99. The Kier molecular flexibility index (Phi) is 6.19. The van der Waals surface area contributed by atoms with E-state index in [1.54, 1.807) is 50.2 Å². The molecule has 0 saturated heterocycles. The minimum absolute atomic E-state index is 0.0208. The molecule has 7 heteroatoms. The Labute approximate surface area is 172 Å². The molecule has 1 aliphatic heterocycles. The number of para-hydroxylation sites is 1. The van der Waals surface area contributed by atoms with Crippen molar-refractivity contribution >= 4 is 34.8 Å². The summed E-state index contributed by atoms with van der Waals surface area (Å²) in [4.78, 5) is 29.4. The molecule has 1 heterocycles. The Hall–Kier alpha value is -3.32. The van der Waals surface area contributed by atoms with Gasteiger partial charge in [0.1, 0.15) is 22.1 Å². The van der Waals surface area contributed by atoms with Gasteiger partial charge in [0.2, 0.25) is 0 Å². The third-order valence-electron chi connectivity index (χ3n) is 4.17. The lowest BCUT2D eigenvalue weighted by atomic mass is 10.1. The molecule has 0 aromatic heterocycles. The van der Waals surface area contributed by atoms with Crippen LogP contribution < -0.4 is 0 Å². The molecule has 2 aromatic carbocycles. The number of amides is 1. The zero-order chi connectivity index (χ0) is 21.0. The number of esters is 1. The first kappa shape index (κ1) is 20.4. The Morgan fingerprint density at radius 2 is 1.79 bits per heavy atom. The molecule has 0 spiro atoms. The van der Waals surface area contributed by atoms with Crippen LogP contribution in [0, 0.1) is 6.92 Å². The number of aliphatic hydroxyl groups is 1. The minimum Gasteiger partial charge on any atom is -0.507 e. The van der Waals surface area contributed by atoms with Crippen LogP contribution in [0.2, 0.25) is 0 Å². The van der Waals surface area contributed by atoms with Crippen molar-refractivity contribution in [2.45, 2.75) is 13.8 Å². The van der Waals surface area contributed by atoms with Crippen LogP contribution in [0.15, 0.2) is 69.8 Å². The van der Waals surface area contributed by atoms with E-state index in [0.29, 0.717) is 11.1 Å². The van der Waals surface area contributed by atoms with E-state index in [2.05, 4.69) is 4.99 Å². The molecule has 148 valence electrons. The first-order valence-corrected chi connectivity index (χ1v) is 9.71. The number of aliphatic hydroxyl groups excluding tert-OH is 1. The largest absolute Gasteiger partial charge is 0.507 e. The highest BCUT2D eigenvalue weighted by Gasteiger charge is 2.34. The Balaban J connectivity index is 2.05. The summed E-state index contributed by atoms with van der Waals surface area (Å²) >= 11 is 0.968. The molecule has 0 atom stereocenters. The van der Waals surface area contributed by atoms with Gasteiger partial charge < -0.3 is 14.9 Å². The van der Waals surface area contributed by atoms with E-state index in [1.807, 2.05) is 6.07 Å². The average molecular weight is 409 g/mol. The fourth-order valence-corrected chi connectivity index (χ4v) is 3.71. The van der Waals surface area contributed by atoms with E-state index in [1.165, 1.54) is 12.1 Å². The molecule has 2 N–H and O–H groups in total. The van der Waals surface area contributed by atoms with Crippen LogP contribution in [0.3, 0.4) is 0 Å². The second-order valence-electron chi connectivity index (χ2n) is 6.15. The van der Waals surface area contributed by atoms with Gasteiger partial charge in [-0.05, 0) is 37.6 Å². The van der Waals surface area contributed by atoms with Crippen LogP contribution in [-0.2, 0) is 9.53 Å². The molecule has 6 nitrogen and oxygen atoms in total. The zero-order valence-corrected chi connectivity index (χ0v) is 16.7. The summed E-state index contributed by atoms with van der Waals surface area (Å²) < 4.78 is 5.02. The number of carbonyl (C=O) groups excluding carboxylic acids is 2. The SMILES string of the molecule is CCOC(=O)C1=C(O)/C(=C/c2ccccc2O)SC1=NC(=O)c1ccccc1C. The molecule has 0 aliphatic carbocycles. The number of aryl methyl sites for hydroxylation is 1. The highest BCUT2D eigenvalue weighted by Crippen LogP contribution is 2.40. The van der Waals surface area contributed by atoms with Gasteiger partial charge in [-0.2, -0.15) is 0 Å². The number of ether oxygens (including phenoxy) is 1. The van der Waals surface area contributed by atoms with Crippen LogP contribution in [-0.4, -0.2) is 33.7 Å². The summed E-state index contributed by atoms with van der Waals surface area (Å²) in [6.07, 6.45) is 1.52. The van der Waals surface area contributed by atoms with E-state index in [0.717, 1.165) is 17.3 Å². The molecule has 0 unspecified atom stereocenters. The number of aromatic hydroxyl groups is 1. The lowest BCUT2D eigenvalue weighted by Gasteiger charge is -2.04. The fourth-order valence-electron chi connectivity index (χ4n) is 2.71. The Bertz CT molecular complexity index is 1070. The van der Waals surface area contributed by atoms with Crippen molar-refractivity contribution < 1.29 is 24.5 Å². The van der Waals surface area contributed by atoms with Crippen molar-refractivity contribution in [2.75, 3.05) is 6.61 Å². The van der Waals surface area contributed by atoms with Crippen molar-refractivity contribution in [3.63, 3.8) is 0 Å². The number of hydrogen-bond donors (Lipinski definition) is 2. The molecule has 0 saturated carbocycles. The third-order valence-corrected chi connectivity index (χ3v) is 5.19. The molecule has 3 rings (SSSR count). The minimum atomic E-state index is -0.769. The van der Waals surface area contributed by atoms with Gasteiger partial charge in [0.15, 0.2) is 0 Å². The molecule has 0 fully saturated rings. The molecule has 29 heavy (non-hydrogen) atoms. The smallest absolute Gasteiger partial charge is 0.344 e.